The van der Waals surface area contributed by atoms with Gasteiger partial charge in [0, 0.05) is 12.5 Å². The van der Waals surface area contributed by atoms with E-state index in [9.17, 15) is 20.1 Å². The Bertz CT molecular complexity index is 636. The zero-order valence-corrected chi connectivity index (χ0v) is 17.9. The van der Waals surface area contributed by atoms with Gasteiger partial charge in [-0.05, 0) is 87.4 Å². The highest BCUT2D eigenvalue weighted by Crippen LogP contribution is 2.68. The first-order valence-corrected chi connectivity index (χ1v) is 11.2. The summed E-state index contributed by atoms with van der Waals surface area (Å²) in [6, 6.07) is 0. The highest BCUT2D eigenvalue weighted by molar-refractivity contribution is 5.92. The largest absolute Gasteiger partial charge is 0.393 e. The van der Waals surface area contributed by atoms with Crippen LogP contribution < -0.4 is 0 Å². The minimum Gasteiger partial charge on any atom is -0.393 e. The number of hydrogen-bond acceptors (Lipinski definition) is 5. The number of fused-ring (bicyclic) bond motifs is 5. The average Bonchev–Trinajstić information content (AvgIpc) is 2.92. The number of ether oxygens (including phenoxy) is 1. The Labute approximate surface area is 168 Å². The fourth-order valence-electron chi connectivity index (χ4n) is 8.21. The smallest absolute Gasteiger partial charge is 0.193 e. The summed E-state index contributed by atoms with van der Waals surface area (Å²) in [5.41, 5.74) is -1.97. The van der Waals surface area contributed by atoms with Gasteiger partial charge in [-0.3, -0.25) is 4.79 Å². The number of rotatable bonds is 3. The Kier molecular flexibility index (Phi) is 5.02. The molecular formula is C23H38O5. The quantitative estimate of drug-likeness (QED) is 0.685. The van der Waals surface area contributed by atoms with Gasteiger partial charge in [-0.2, -0.15) is 0 Å². The molecule has 10 atom stereocenters. The van der Waals surface area contributed by atoms with E-state index in [1.807, 2.05) is 6.92 Å². The second-order valence-corrected chi connectivity index (χ2v) is 10.8. The van der Waals surface area contributed by atoms with Gasteiger partial charge in [0.2, 0.25) is 0 Å². The average molecular weight is 395 g/mol. The van der Waals surface area contributed by atoms with Crippen molar-refractivity contribution in [1.29, 1.82) is 0 Å². The van der Waals surface area contributed by atoms with Crippen LogP contribution >= 0.6 is 0 Å². The third kappa shape index (κ3) is 2.62. The Morgan fingerprint density at radius 3 is 2.50 bits per heavy atom. The van der Waals surface area contributed by atoms with E-state index >= 15 is 0 Å². The Balaban J connectivity index is 1.67. The third-order valence-electron chi connectivity index (χ3n) is 9.85. The van der Waals surface area contributed by atoms with Gasteiger partial charge in [0.15, 0.2) is 5.78 Å². The summed E-state index contributed by atoms with van der Waals surface area (Å²) < 4.78 is 5.25. The van der Waals surface area contributed by atoms with Crippen molar-refractivity contribution in [3.05, 3.63) is 0 Å². The van der Waals surface area contributed by atoms with Crippen LogP contribution in [0.2, 0.25) is 0 Å². The molecule has 0 bridgehead atoms. The van der Waals surface area contributed by atoms with Gasteiger partial charge in [-0.1, -0.05) is 13.8 Å². The summed E-state index contributed by atoms with van der Waals surface area (Å²) in [5.74, 6) is 1.03. The molecule has 4 rings (SSSR count). The lowest BCUT2D eigenvalue weighted by atomic mass is 9.43. The first kappa shape index (κ1) is 20.8. The zero-order chi connectivity index (χ0) is 20.5. The molecule has 160 valence electrons. The van der Waals surface area contributed by atoms with E-state index in [4.69, 9.17) is 4.74 Å². The molecule has 0 heterocycles. The summed E-state index contributed by atoms with van der Waals surface area (Å²) in [7, 11) is 1.51. The number of aliphatic hydroxyl groups excluding tert-OH is 2. The van der Waals surface area contributed by atoms with Crippen molar-refractivity contribution in [2.75, 3.05) is 7.11 Å². The maximum atomic E-state index is 13.1. The predicted octanol–water partition coefficient (Wildman–Crippen LogP) is 2.70. The summed E-state index contributed by atoms with van der Waals surface area (Å²) in [5, 5.41) is 33.1. The Morgan fingerprint density at radius 1 is 1.11 bits per heavy atom. The highest BCUT2D eigenvalue weighted by atomic mass is 16.5. The lowest BCUT2D eigenvalue weighted by molar-refractivity contribution is -0.204. The van der Waals surface area contributed by atoms with Crippen molar-refractivity contribution < 1.29 is 24.9 Å². The van der Waals surface area contributed by atoms with Crippen LogP contribution in [0.25, 0.3) is 0 Å². The monoisotopic (exact) mass is 394 g/mol. The van der Waals surface area contributed by atoms with Crippen molar-refractivity contribution in [2.24, 2.45) is 34.5 Å². The van der Waals surface area contributed by atoms with Crippen molar-refractivity contribution in [1.82, 2.24) is 0 Å². The van der Waals surface area contributed by atoms with E-state index in [1.54, 1.807) is 6.92 Å². The van der Waals surface area contributed by atoms with Crippen molar-refractivity contribution >= 4 is 5.78 Å². The van der Waals surface area contributed by atoms with Crippen LogP contribution in [-0.2, 0) is 9.53 Å². The zero-order valence-electron chi connectivity index (χ0n) is 17.9. The third-order valence-corrected chi connectivity index (χ3v) is 9.85. The molecule has 0 aliphatic heterocycles. The predicted molar refractivity (Wildman–Crippen MR) is 106 cm³/mol. The molecule has 0 aromatic rings. The number of carbonyl (C=O) groups is 1. The van der Waals surface area contributed by atoms with Gasteiger partial charge in [-0.25, -0.2) is 0 Å². The number of ketones is 1. The number of hydrogen-bond donors (Lipinski definition) is 3. The Morgan fingerprint density at radius 2 is 1.82 bits per heavy atom. The standard InChI is InChI=1S/C23H38O5/c1-13(28-4)20(26)23(27)10-8-17-16-6-5-14-11-15(24)7-9-21(14,2)19(16)18(25)12-22(17,23)3/h13-19,24-25,27H,5-12H2,1-4H3/t13-,14?,15-,16?,17?,18+,19?,21+,22+,23+/m1/s1. The van der Waals surface area contributed by atoms with Gasteiger partial charge in [0.05, 0.1) is 12.2 Å². The fourth-order valence-corrected chi connectivity index (χ4v) is 8.21. The van der Waals surface area contributed by atoms with E-state index in [0.717, 1.165) is 38.5 Å². The summed E-state index contributed by atoms with van der Waals surface area (Å²) in [6.45, 7) is 6.06. The number of methoxy groups -OCH3 is 1. The molecule has 0 saturated heterocycles. The minimum absolute atomic E-state index is 0.0490. The maximum absolute atomic E-state index is 13.1. The number of aliphatic hydroxyl groups is 3. The first-order valence-electron chi connectivity index (χ1n) is 11.2. The van der Waals surface area contributed by atoms with Crippen molar-refractivity contribution in [2.45, 2.75) is 96.1 Å². The van der Waals surface area contributed by atoms with Crippen LogP contribution in [0.4, 0.5) is 0 Å². The molecule has 3 N–H and O–H groups in total. The molecule has 0 spiro atoms. The van der Waals surface area contributed by atoms with Gasteiger partial charge in [0.1, 0.15) is 11.7 Å². The van der Waals surface area contributed by atoms with E-state index in [0.29, 0.717) is 24.7 Å². The highest BCUT2D eigenvalue weighted by Gasteiger charge is 2.69. The van der Waals surface area contributed by atoms with E-state index in [-0.39, 0.29) is 29.1 Å². The van der Waals surface area contributed by atoms with Crippen LogP contribution in [0.1, 0.15) is 72.1 Å². The van der Waals surface area contributed by atoms with Crippen molar-refractivity contribution in [3.8, 4) is 0 Å². The normalized spacial score (nSPS) is 54.4. The van der Waals surface area contributed by atoms with E-state index < -0.39 is 23.2 Å². The van der Waals surface area contributed by atoms with Crippen LogP contribution in [0.15, 0.2) is 0 Å². The molecule has 0 radical (unpaired) electrons. The lowest BCUT2D eigenvalue weighted by Gasteiger charge is -2.62. The topological polar surface area (TPSA) is 87.0 Å². The van der Waals surface area contributed by atoms with Crippen LogP contribution in [-0.4, -0.2) is 52.1 Å². The number of carbonyl (C=O) groups excluding carboxylic acids is 1. The molecule has 28 heavy (non-hydrogen) atoms. The van der Waals surface area contributed by atoms with Gasteiger partial charge >= 0.3 is 0 Å². The summed E-state index contributed by atoms with van der Waals surface area (Å²) >= 11 is 0. The summed E-state index contributed by atoms with van der Waals surface area (Å²) in [6.07, 6.45) is 5.17. The first-order chi connectivity index (χ1) is 13.1. The minimum atomic E-state index is -1.42. The van der Waals surface area contributed by atoms with E-state index in [2.05, 4.69) is 6.92 Å². The fraction of sp³-hybridized carbons (Fsp3) is 0.957. The molecule has 0 aromatic carbocycles. The van der Waals surface area contributed by atoms with Gasteiger partial charge < -0.3 is 20.1 Å². The molecule has 5 heteroatoms. The second kappa shape index (κ2) is 6.76. The molecule has 0 aromatic heterocycles. The molecule has 5 nitrogen and oxygen atoms in total. The van der Waals surface area contributed by atoms with Crippen LogP contribution in [0, 0.1) is 34.5 Å². The van der Waals surface area contributed by atoms with Gasteiger partial charge in [-0.15, -0.1) is 0 Å². The van der Waals surface area contributed by atoms with E-state index in [1.165, 1.54) is 7.11 Å². The Hall–Kier alpha value is -0.490. The molecular weight excluding hydrogens is 356 g/mol. The molecule has 4 aliphatic rings. The maximum Gasteiger partial charge on any atom is 0.193 e. The molecule has 4 saturated carbocycles. The summed E-state index contributed by atoms with van der Waals surface area (Å²) in [4.78, 5) is 13.1. The van der Waals surface area contributed by atoms with Crippen LogP contribution in [0.5, 0.6) is 0 Å². The molecule has 4 unspecified atom stereocenters. The van der Waals surface area contributed by atoms with Crippen molar-refractivity contribution in [3.63, 3.8) is 0 Å². The second-order valence-electron chi connectivity index (χ2n) is 10.8. The molecule has 4 fully saturated rings. The van der Waals surface area contributed by atoms with Gasteiger partial charge in [0.25, 0.3) is 0 Å². The molecule has 0 amide bonds. The van der Waals surface area contributed by atoms with Crippen LogP contribution in [0.3, 0.4) is 0 Å². The lowest BCUT2D eigenvalue weighted by Crippen LogP contribution is -2.63. The SMILES string of the molecule is CO[C@H](C)C(=O)[C@@]1(O)CCC2C3CCC4C[C@H](O)CC[C@]4(C)C3[C@@H](O)C[C@@]21C. The molecule has 4 aliphatic carbocycles. The number of Topliss-reactive ketones (excluding diaryl/α,β-unsaturated/α-hetero) is 1.